The Kier molecular flexibility index (Phi) is 4.66. The summed E-state index contributed by atoms with van der Waals surface area (Å²) < 4.78 is 28.3. The van der Waals surface area contributed by atoms with Crippen molar-refractivity contribution in [1.82, 2.24) is 15.5 Å². The van der Waals surface area contributed by atoms with Gasteiger partial charge in [0.25, 0.3) is 15.0 Å². The number of halogens is 1. The van der Waals surface area contributed by atoms with E-state index in [1.165, 1.54) is 0 Å². The minimum Gasteiger partial charge on any atom is -0.381 e. The lowest BCUT2D eigenvalue weighted by molar-refractivity contribution is 0.0936. The van der Waals surface area contributed by atoms with Gasteiger partial charge in [-0.15, -0.1) is 0 Å². The molecule has 1 aliphatic heterocycles. The van der Waals surface area contributed by atoms with Crippen LogP contribution in [0.3, 0.4) is 0 Å². The average Bonchev–Trinajstić information content (AvgIpc) is 3.03. The van der Waals surface area contributed by atoms with Crippen molar-refractivity contribution in [3.8, 4) is 0 Å². The highest BCUT2D eigenvalue weighted by Crippen LogP contribution is 2.23. The second-order valence-electron chi connectivity index (χ2n) is 4.61. The van der Waals surface area contributed by atoms with Gasteiger partial charge in [0.2, 0.25) is 0 Å². The van der Waals surface area contributed by atoms with Crippen LogP contribution in [-0.2, 0) is 20.2 Å². The van der Waals surface area contributed by atoms with Gasteiger partial charge in [-0.25, -0.2) is 8.42 Å². The normalized spacial score (nSPS) is 19.2. The van der Waals surface area contributed by atoms with Crippen LogP contribution in [0, 0.1) is 5.92 Å². The Labute approximate surface area is 121 Å². The van der Waals surface area contributed by atoms with Gasteiger partial charge < -0.3 is 10.1 Å². The number of amides is 1. The molecular weight excluding hydrogens is 306 g/mol. The predicted octanol–water partition coefficient (Wildman–Crippen LogP) is 0.666. The minimum absolute atomic E-state index is 0.184. The number of aryl methyl sites for hydroxylation is 1. The second-order valence-corrected chi connectivity index (χ2v) is 7.11. The number of H-pyrrole nitrogens is 1. The minimum atomic E-state index is -4.02. The maximum Gasteiger partial charge on any atom is 0.273 e. The lowest BCUT2D eigenvalue weighted by Crippen LogP contribution is -2.30. The molecule has 2 heterocycles. The Morgan fingerprint density at radius 3 is 2.90 bits per heavy atom. The maximum absolute atomic E-state index is 12.0. The molecule has 0 aromatic carbocycles. The number of rotatable bonds is 5. The molecule has 1 saturated heterocycles. The second kappa shape index (κ2) is 6.11. The van der Waals surface area contributed by atoms with E-state index in [1.54, 1.807) is 6.92 Å². The standard InChI is InChI=1S/C11H16ClN3O4S/c1-2-8-10(20(12,17)18)9(15-14-8)11(16)13-5-7-3-4-19-6-7/h7H,2-6H2,1H3,(H,13,16)(H,14,15). The molecular formula is C11H16ClN3O4S. The lowest BCUT2D eigenvalue weighted by atomic mass is 10.1. The molecule has 0 radical (unpaired) electrons. The van der Waals surface area contributed by atoms with Gasteiger partial charge in [-0.1, -0.05) is 6.92 Å². The van der Waals surface area contributed by atoms with Gasteiger partial charge in [0.05, 0.1) is 12.3 Å². The number of ether oxygens (including phenoxy) is 1. The molecule has 1 aliphatic rings. The van der Waals surface area contributed by atoms with Crippen molar-refractivity contribution in [1.29, 1.82) is 0 Å². The Morgan fingerprint density at radius 1 is 1.60 bits per heavy atom. The monoisotopic (exact) mass is 321 g/mol. The van der Waals surface area contributed by atoms with Crippen LogP contribution in [0.2, 0.25) is 0 Å². The molecule has 20 heavy (non-hydrogen) atoms. The third-order valence-electron chi connectivity index (χ3n) is 3.18. The smallest absolute Gasteiger partial charge is 0.273 e. The highest BCUT2D eigenvalue weighted by molar-refractivity contribution is 8.13. The number of nitrogens with one attached hydrogen (secondary N) is 2. The van der Waals surface area contributed by atoms with Crippen LogP contribution in [0.15, 0.2) is 4.90 Å². The number of carbonyl (C=O) groups excluding carboxylic acids is 1. The fourth-order valence-electron chi connectivity index (χ4n) is 2.09. The largest absolute Gasteiger partial charge is 0.381 e. The molecule has 7 nitrogen and oxygen atoms in total. The topological polar surface area (TPSA) is 101 Å². The number of carbonyl (C=O) groups is 1. The molecule has 2 rings (SSSR count). The number of hydrogen-bond acceptors (Lipinski definition) is 5. The summed E-state index contributed by atoms with van der Waals surface area (Å²) in [7, 11) is 1.35. The molecule has 1 amide bonds. The van der Waals surface area contributed by atoms with Crippen molar-refractivity contribution in [2.45, 2.75) is 24.7 Å². The van der Waals surface area contributed by atoms with Crippen molar-refractivity contribution in [3.63, 3.8) is 0 Å². The van der Waals surface area contributed by atoms with E-state index in [9.17, 15) is 13.2 Å². The Balaban J connectivity index is 2.15. The molecule has 1 atom stereocenters. The number of aromatic amines is 1. The molecule has 0 spiro atoms. The molecule has 112 valence electrons. The van der Waals surface area contributed by atoms with E-state index in [0.29, 0.717) is 31.9 Å². The first-order chi connectivity index (χ1) is 9.43. The summed E-state index contributed by atoms with van der Waals surface area (Å²) in [6, 6.07) is 0. The van der Waals surface area contributed by atoms with Gasteiger partial charge in [-0.05, 0) is 12.8 Å². The van der Waals surface area contributed by atoms with Gasteiger partial charge in [0.1, 0.15) is 4.90 Å². The van der Waals surface area contributed by atoms with Gasteiger partial charge in [-0.2, -0.15) is 5.10 Å². The summed E-state index contributed by atoms with van der Waals surface area (Å²) in [4.78, 5) is 11.8. The summed E-state index contributed by atoms with van der Waals surface area (Å²) in [6.45, 7) is 3.46. The van der Waals surface area contributed by atoms with E-state index in [1.807, 2.05) is 0 Å². The van der Waals surface area contributed by atoms with Crippen molar-refractivity contribution >= 4 is 25.6 Å². The number of hydrogen-bond donors (Lipinski definition) is 2. The SMILES string of the molecule is CCc1[nH]nc(C(=O)NCC2CCOC2)c1S(=O)(=O)Cl. The van der Waals surface area contributed by atoms with Gasteiger partial charge in [0, 0.05) is 29.8 Å². The lowest BCUT2D eigenvalue weighted by Gasteiger charge is -2.08. The highest BCUT2D eigenvalue weighted by Gasteiger charge is 2.28. The molecule has 1 fully saturated rings. The molecule has 0 aliphatic carbocycles. The van der Waals surface area contributed by atoms with E-state index in [0.717, 1.165) is 6.42 Å². The Hall–Kier alpha value is -1.12. The predicted molar refractivity (Wildman–Crippen MR) is 72.3 cm³/mol. The van der Waals surface area contributed by atoms with Crippen molar-refractivity contribution in [2.24, 2.45) is 5.92 Å². The van der Waals surface area contributed by atoms with Crippen LogP contribution in [0.4, 0.5) is 0 Å². The van der Waals surface area contributed by atoms with E-state index in [-0.39, 0.29) is 16.5 Å². The first kappa shape index (κ1) is 15.3. The molecule has 0 saturated carbocycles. The summed E-state index contributed by atoms with van der Waals surface area (Å²) in [5.41, 5.74) is 0.144. The van der Waals surface area contributed by atoms with E-state index >= 15 is 0 Å². The quantitative estimate of drug-likeness (QED) is 0.776. The number of nitrogens with zero attached hydrogens (tertiary/aromatic N) is 1. The zero-order valence-corrected chi connectivity index (χ0v) is 12.6. The first-order valence-electron chi connectivity index (χ1n) is 6.31. The average molecular weight is 322 g/mol. The van der Waals surface area contributed by atoms with Crippen LogP contribution >= 0.6 is 10.7 Å². The van der Waals surface area contributed by atoms with Crippen LogP contribution in [0.25, 0.3) is 0 Å². The zero-order valence-electron chi connectivity index (χ0n) is 11.0. The van der Waals surface area contributed by atoms with Crippen molar-refractivity contribution in [2.75, 3.05) is 19.8 Å². The Bertz CT molecular complexity index is 593. The van der Waals surface area contributed by atoms with Gasteiger partial charge in [-0.3, -0.25) is 9.89 Å². The highest BCUT2D eigenvalue weighted by atomic mass is 35.7. The molecule has 1 aromatic heterocycles. The molecule has 1 unspecified atom stereocenters. The summed E-state index contributed by atoms with van der Waals surface area (Å²) in [5.74, 6) is -0.299. The molecule has 0 bridgehead atoms. The summed E-state index contributed by atoms with van der Waals surface area (Å²) in [6.07, 6.45) is 1.26. The molecule has 2 N–H and O–H groups in total. The van der Waals surface area contributed by atoms with E-state index in [4.69, 9.17) is 15.4 Å². The van der Waals surface area contributed by atoms with Crippen molar-refractivity contribution in [3.05, 3.63) is 11.4 Å². The number of aromatic nitrogens is 2. The molecule has 1 aromatic rings. The van der Waals surface area contributed by atoms with Crippen LogP contribution in [0.1, 0.15) is 29.5 Å². The van der Waals surface area contributed by atoms with E-state index in [2.05, 4.69) is 15.5 Å². The Morgan fingerprint density at radius 2 is 2.35 bits per heavy atom. The fraction of sp³-hybridized carbons (Fsp3) is 0.636. The third kappa shape index (κ3) is 3.31. The van der Waals surface area contributed by atoms with Crippen LogP contribution in [0.5, 0.6) is 0 Å². The van der Waals surface area contributed by atoms with E-state index < -0.39 is 15.0 Å². The zero-order chi connectivity index (χ0) is 14.8. The van der Waals surface area contributed by atoms with Crippen LogP contribution < -0.4 is 5.32 Å². The van der Waals surface area contributed by atoms with Crippen molar-refractivity contribution < 1.29 is 17.9 Å². The van der Waals surface area contributed by atoms with Gasteiger partial charge >= 0.3 is 0 Å². The molecule has 9 heteroatoms. The third-order valence-corrected chi connectivity index (χ3v) is 4.57. The summed E-state index contributed by atoms with van der Waals surface area (Å²) >= 11 is 0. The maximum atomic E-state index is 12.0. The fourth-order valence-corrected chi connectivity index (χ4v) is 3.44. The first-order valence-corrected chi connectivity index (χ1v) is 8.62. The van der Waals surface area contributed by atoms with Crippen LogP contribution in [-0.4, -0.2) is 44.3 Å². The summed E-state index contributed by atoms with van der Waals surface area (Å²) in [5, 5.41) is 8.97. The van der Waals surface area contributed by atoms with Gasteiger partial charge in [0.15, 0.2) is 5.69 Å².